The molecule has 1 atom stereocenters. The standard InChI is InChI=1S/C29H21BrN2O4/c30-22-10-8-20(9-11-22)27(33)25-26(21-7-4-16-31-17-21)32(29(35)28(25)34)23-12-14-24(15-13-23)36-18-19-5-2-1-3-6-19/h1-17,26,33H,18H2/b27-25-. The number of halogens is 1. The van der Waals surface area contributed by atoms with Crippen molar-refractivity contribution in [2.24, 2.45) is 0 Å². The Kier molecular flexibility index (Phi) is 6.64. The quantitative estimate of drug-likeness (QED) is 0.183. The van der Waals surface area contributed by atoms with Crippen LogP contribution < -0.4 is 9.64 Å². The van der Waals surface area contributed by atoms with Crippen molar-refractivity contribution in [3.63, 3.8) is 0 Å². The van der Waals surface area contributed by atoms with E-state index in [0.717, 1.165) is 10.0 Å². The minimum absolute atomic E-state index is 0.0136. The van der Waals surface area contributed by atoms with Gasteiger partial charge < -0.3 is 9.84 Å². The van der Waals surface area contributed by atoms with Crippen molar-refractivity contribution in [1.82, 2.24) is 4.98 Å². The Hall–Kier alpha value is -4.23. The van der Waals surface area contributed by atoms with E-state index in [1.807, 2.05) is 30.3 Å². The Balaban J connectivity index is 1.51. The van der Waals surface area contributed by atoms with Gasteiger partial charge in [0.2, 0.25) is 0 Å². The van der Waals surface area contributed by atoms with Crippen LogP contribution in [0.3, 0.4) is 0 Å². The van der Waals surface area contributed by atoms with Gasteiger partial charge in [0.05, 0.1) is 11.6 Å². The molecule has 0 aliphatic carbocycles. The van der Waals surface area contributed by atoms with Gasteiger partial charge >= 0.3 is 0 Å². The highest BCUT2D eigenvalue weighted by molar-refractivity contribution is 9.10. The average molecular weight is 541 g/mol. The Morgan fingerprint density at radius 2 is 1.64 bits per heavy atom. The van der Waals surface area contributed by atoms with Crippen molar-refractivity contribution in [1.29, 1.82) is 0 Å². The Labute approximate surface area is 216 Å². The van der Waals surface area contributed by atoms with Gasteiger partial charge in [0.15, 0.2) is 0 Å². The number of pyridine rings is 1. The molecule has 0 radical (unpaired) electrons. The highest BCUT2D eigenvalue weighted by Gasteiger charge is 2.47. The van der Waals surface area contributed by atoms with Gasteiger partial charge in [-0.15, -0.1) is 0 Å². The zero-order valence-corrected chi connectivity index (χ0v) is 20.6. The van der Waals surface area contributed by atoms with E-state index in [1.54, 1.807) is 73.1 Å². The lowest BCUT2D eigenvalue weighted by molar-refractivity contribution is -0.132. The molecule has 0 saturated carbocycles. The number of nitrogens with zero attached hydrogens (tertiary/aromatic N) is 2. The molecule has 1 amide bonds. The number of aliphatic hydroxyl groups is 1. The van der Waals surface area contributed by atoms with Crippen LogP contribution in [-0.4, -0.2) is 21.8 Å². The first-order valence-electron chi connectivity index (χ1n) is 11.3. The third-order valence-electron chi connectivity index (χ3n) is 5.93. The van der Waals surface area contributed by atoms with E-state index in [2.05, 4.69) is 20.9 Å². The molecule has 3 aromatic carbocycles. The summed E-state index contributed by atoms with van der Waals surface area (Å²) in [5.41, 5.74) is 2.61. The van der Waals surface area contributed by atoms with Crippen LogP contribution in [-0.2, 0) is 16.2 Å². The van der Waals surface area contributed by atoms with Crippen LogP contribution in [0.5, 0.6) is 5.75 Å². The zero-order chi connectivity index (χ0) is 25.1. The fourth-order valence-corrected chi connectivity index (χ4v) is 4.42. The number of aliphatic hydroxyl groups excluding tert-OH is 1. The second-order valence-electron chi connectivity index (χ2n) is 8.23. The predicted molar refractivity (Wildman–Crippen MR) is 140 cm³/mol. The number of carbonyl (C=O) groups is 2. The summed E-state index contributed by atoms with van der Waals surface area (Å²) in [6.07, 6.45) is 3.21. The first-order valence-corrected chi connectivity index (χ1v) is 12.1. The SMILES string of the molecule is O=C1C(=O)N(c2ccc(OCc3ccccc3)cc2)C(c2cccnc2)/C1=C(/O)c1ccc(Br)cc1. The third kappa shape index (κ3) is 4.65. The number of amides is 1. The molecule has 1 aliphatic rings. The fraction of sp³-hybridized carbons (Fsp3) is 0.0690. The summed E-state index contributed by atoms with van der Waals surface area (Å²) in [5.74, 6) is -1.08. The van der Waals surface area contributed by atoms with Gasteiger partial charge in [-0.3, -0.25) is 19.5 Å². The maximum Gasteiger partial charge on any atom is 0.300 e. The van der Waals surface area contributed by atoms with Gasteiger partial charge in [0.1, 0.15) is 18.1 Å². The molecule has 36 heavy (non-hydrogen) atoms. The highest BCUT2D eigenvalue weighted by atomic mass is 79.9. The number of rotatable bonds is 6. The Morgan fingerprint density at radius 1 is 0.917 bits per heavy atom. The molecule has 1 fully saturated rings. The first kappa shape index (κ1) is 23.5. The summed E-state index contributed by atoms with van der Waals surface area (Å²) in [6, 6.07) is 26.4. The van der Waals surface area contributed by atoms with E-state index >= 15 is 0 Å². The molecule has 6 nitrogen and oxygen atoms in total. The predicted octanol–water partition coefficient (Wildman–Crippen LogP) is 6.05. The van der Waals surface area contributed by atoms with Gasteiger partial charge in [0, 0.05) is 28.1 Å². The number of hydrogen-bond acceptors (Lipinski definition) is 5. The maximum absolute atomic E-state index is 13.3. The van der Waals surface area contributed by atoms with E-state index < -0.39 is 17.7 Å². The second kappa shape index (κ2) is 10.2. The van der Waals surface area contributed by atoms with Crippen LogP contribution >= 0.6 is 15.9 Å². The molecule has 1 unspecified atom stereocenters. The lowest BCUT2D eigenvalue weighted by Gasteiger charge is -2.25. The van der Waals surface area contributed by atoms with E-state index in [4.69, 9.17) is 4.74 Å². The number of Topliss-reactive ketones (excluding diaryl/α,β-unsaturated/α-hetero) is 1. The minimum atomic E-state index is -0.835. The van der Waals surface area contributed by atoms with Crippen molar-refractivity contribution >= 4 is 39.1 Å². The van der Waals surface area contributed by atoms with Crippen molar-refractivity contribution in [2.45, 2.75) is 12.6 Å². The van der Waals surface area contributed by atoms with Crippen molar-refractivity contribution in [2.75, 3.05) is 4.90 Å². The molecule has 178 valence electrons. The molecule has 1 N–H and O–H groups in total. The van der Waals surface area contributed by atoms with Crippen LogP contribution in [0.15, 0.2) is 113 Å². The summed E-state index contributed by atoms with van der Waals surface area (Å²) in [7, 11) is 0. The summed E-state index contributed by atoms with van der Waals surface area (Å²) in [5, 5.41) is 11.1. The van der Waals surface area contributed by atoms with Crippen LogP contribution in [0.1, 0.15) is 22.7 Å². The number of benzene rings is 3. The summed E-state index contributed by atoms with van der Waals surface area (Å²) in [6.45, 7) is 0.410. The minimum Gasteiger partial charge on any atom is -0.507 e. The fourth-order valence-electron chi connectivity index (χ4n) is 4.16. The normalized spacial score (nSPS) is 16.8. The zero-order valence-electron chi connectivity index (χ0n) is 19.0. The van der Waals surface area contributed by atoms with Crippen molar-refractivity contribution in [3.05, 3.63) is 130 Å². The molecule has 1 aliphatic heterocycles. The second-order valence-corrected chi connectivity index (χ2v) is 9.15. The lowest BCUT2D eigenvalue weighted by atomic mass is 9.96. The van der Waals surface area contributed by atoms with Crippen molar-refractivity contribution in [3.8, 4) is 5.75 Å². The summed E-state index contributed by atoms with van der Waals surface area (Å²) >= 11 is 3.37. The van der Waals surface area contributed by atoms with Crippen LogP contribution in [0.25, 0.3) is 5.76 Å². The molecule has 7 heteroatoms. The summed E-state index contributed by atoms with van der Waals surface area (Å²) in [4.78, 5) is 32.0. The van der Waals surface area contributed by atoms with Crippen LogP contribution in [0.2, 0.25) is 0 Å². The lowest BCUT2D eigenvalue weighted by Crippen LogP contribution is -2.29. The molecule has 0 bridgehead atoms. The van der Waals surface area contributed by atoms with Crippen molar-refractivity contribution < 1.29 is 19.4 Å². The molecule has 2 heterocycles. The van der Waals surface area contributed by atoms with Gasteiger partial charge in [-0.25, -0.2) is 0 Å². The number of carbonyl (C=O) groups excluding carboxylic acids is 2. The monoisotopic (exact) mass is 540 g/mol. The van der Waals surface area contributed by atoms with E-state index in [-0.39, 0.29) is 11.3 Å². The highest BCUT2D eigenvalue weighted by Crippen LogP contribution is 2.42. The van der Waals surface area contributed by atoms with E-state index in [9.17, 15) is 14.7 Å². The van der Waals surface area contributed by atoms with Gasteiger partial charge in [-0.05, 0) is 53.6 Å². The number of hydrogen-bond donors (Lipinski definition) is 1. The molecule has 5 rings (SSSR count). The molecule has 0 spiro atoms. The van der Waals surface area contributed by atoms with Crippen LogP contribution in [0, 0.1) is 0 Å². The van der Waals surface area contributed by atoms with Gasteiger partial charge in [-0.2, -0.15) is 0 Å². The smallest absolute Gasteiger partial charge is 0.300 e. The number of aromatic nitrogens is 1. The Morgan fingerprint density at radius 3 is 2.31 bits per heavy atom. The number of ether oxygens (including phenoxy) is 1. The molecule has 4 aromatic rings. The molecular formula is C29H21BrN2O4. The molecule has 1 saturated heterocycles. The third-order valence-corrected chi connectivity index (χ3v) is 6.45. The average Bonchev–Trinajstić information content (AvgIpc) is 3.19. The summed E-state index contributed by atoms with van der Waals surface area (Å²) < 4.78 is 6.69. The maximum atomic E-state index is 13.3. The number of ketones is 1. The first-order chi connectivity index (χ1) is 17.5. The van der Waals surface area contributed by atoms with E-state index in [0.29, 0.717) is 29.2 Å². The molecule has 1 aromatic heterocycles. The molecular weight excluding hydrogens is 520 g/mol. The topological polar surface area (TPSA) is 79.7 Å². The Bertz CT molecular complexity index is 1420. The van der Waals surface area contributed by atoms with Gasteiger partial charge in [-0.1, -0.05) is 64.5 Å². The number of anilines is 1. The largest absolute Gasteiger partial charge is 0.507 e. The van der Waals surface area contributed by atoms with E-state index in [1.165, 1.54) is 4.90 Å². The van der Waals surface area contributed by atoms with Gasteiger partial charge in [0.25, 0.3) is 11.7 Å². The van der Waals surface area contributed by atoms with Crippen LogP contribution in [0.4, 0.5) is 5.69 Å².